The molecule has 2 aliphatic rings. The van der Waals surface area contributed by atoms with Gasteiger partial charge in [-0.3, -0.25) is 14.3 Å². The number of halogens is 1. The largest absolute Gasteiger partial charge is 0.462 e. The Balaban J connectivity index is 1.47. The van der Waals surface area contributed by atoms with Crippen molar-refractivity contribution in [3.8, 4) is 6.07 Å². The van der Waals surface area contributed by atoms with E-state index in [4.69, 9.17) is 4.74 Å². The molecule has 0 spiro atoms. The van der Waals surface area contributed by atoms with Crippen molar-refractivity contribution in [2.45, 2.75) is 44.9 Å². The van der Waals surface area contributed by atoms with Crippen LogP contribution in [0.2, 0.25) is 0 Å². The van der Waals surface area contributed by atoms with Gasteiger partial charge in [0.25, 0.3) is 0 Å². The van der Waals surface area contributed by atoms with Gasteiger partial charge in [-0.2, -0.15) is 5.26 Å². The van der Waals surface area contributed by atoms with Gasteiger partial charge in [-0.25, -0.2) is 22.6 Å². The summed E-state index contributed by atoms with van der Waals surface area (Å²) in [6.45, 7) is 3.10. The lowest BCUT2D eigenvalue weighted by Crippen LogP contribution is -2.43. The maximum Gasteiger partial charge on any atom is 0.340 e. The Bertz CT molecular complexity index is 1430. The summed E-state index contributed by atoms with van der Waals surface area (Å²) in [4.78, 5) is 45.7. The zero-order valence-electron chi connectivity index (χ0n) is 22.1. The summed E-state index contributed by atoms with van der Waals surface area (Å²) in [5, 5.41) is 9.82. The Hall–Kier alpha value is -4.05. The highest BCUT2D eigenvalue weighted by molar-refractivity contribution is 7.89. The number of aromatic nitrogens is 1. The van der Waals surface area contributed by atoms with Crippen molar-refractivity contribution in [1.82, 2.24) is 14.6 Å². The van der Waals surface area contributed by atoms with Gasteiger partial charge in [0.05, 0.1) is 35.7 Å². The molecule has 0 radical (unpaired) electrons. The van der Waals surface area contributed by atoms with E-state index in [1.165, 1.54) is 18.2 Å². The molecule has 0 bridgehead atoms. The van der Waals surface area contributed by atoms with E-state index in [-0.39, 0.29) is 30.2 Å². The number of nitrogens with one attached hydrogen (secondary N) is 1. The van der Waals surface area contributed by atoms with Crippen molar-refractivity contribution in [2.75, 3.05) is 31.1 Å². The van der Waals surface area contributed by atoms with Crippen molar-refractivity contribution < 1.29 is 31.9 Å². The van der Waals surface area contributed by atoms with Gasteiger partial charge in [0.15, 0.2) is 0 Å². The molecule has 4 rings (SSSR count). The van der Waals surface area contributed by atoms with Crippen LogP contribution in [-0.4, -0.2) is 62.3 Å². The van der Waals surface area contributed by atoms with E-state index in [0.717, 1.165) is 12.1 Å². The molecular weight excluding hydrogens is 541 g/mol. The van der Waals surface area contributed by atoms with E-state index in [1.807, 2.05) is 4.90 Å². The minimum absolute atomic E-state index is 0.0382. The lowest BCUT2D eigenvalue weighted by molar-refractivity contribution is -0.128. The summed E-state index contributed by atoms with van der Waals surface area (Å²) in [5.41, 5.74) is 0.964. The number of pyridine rings is 1. The van der Waals surface area contributed by atoms with E-state index in [2.05, 4.69) is 15.8 Å². The zero-order chi connectivity index (χ0) is 28.9. The maximum atomic E-state index is 13.1. The van der Waals surface area contributed by atoms with Crippen LogP contribution in [0.5, 0.6) is 0 Å². The monoisotopic (exact) mass is 571 g/mol. The second kappa shape index (κ2) is 12.4. The van der Waals surface area contributed by atoms with Crippen molar-refractivity contribution in [3.05, 3.63) is 58.5 Å². The number of ether oxygens (including phenoxy) is 1. The highest BCUT2D eigenvalue weighted by Gasteiger charge is 2.31. The van der Waals surface area contributed by atoms with Crippen LogP contribution >= 0.6 is 0 Å². The van der Waals surface area contributed by atoms with Gasteiger partial charge in [0.1, 0.15) is 17.7 Å². The third kappa shape index (κ3) is 6.93. The number of benzene rings is 1. The van der Waals surface area contributed by atoms with Crippen LogP contribution in [0.1, 0.15) is 59.8 Å². The molecule has 2 saturated heterocycles. The lowest BCUT2D eigenvalue weighted by Gasteiger charge is -2.33. The zero-order valence-corrected chi connectivity index (χ0v) is 22.9. The van der Waals surface area contributed by atoms with Crippen molar-refractivity contribution in [1.29, 1.82) is 5.26 Å². The Morgan fingerprint density at radius 2 is 1.90 bits per heavy atom. The Morgan fingerprint density at radius 1 is 1.20 bits per heavy atom. The van der Waals surface area contributed by atoms with E-state index in [0.29, 0.717) is 62.4 Å². The standard InChI is InChI=1S/C27H30FN5O6S/c1-2-39-27(36)22-14-20(15-29)25(30-23(22)16-33-11-3-4-24(33)34)32-12-9-19(10-13-32)26(35)31-40(37,38)17-18-5-7-21(28)8-6-18/h5-8,14,19H,2-4,9-13,16-17H2,1H3,(H,31,35). The molecular formula is C27H30FN5O6S. The predicted molar refractivity (Wildman–Crippen MR) is 142 cm³/mol. The number of esters is 1. The van der Waals surface area contributed by atoms with Gasteiger partial charge >= 0.3 is 5.97 Å². The second-order valence-electron chi connectivity index (χ2n) is 9.72. The molecule has 0 unspecified atom stereocenters. The topological polar surface area (TPSA) is 150 Å². The van der Waals surface area contributed by atoms with Crippen LogP contribution in [0.15, 0.2) is 30.3 Å². The first-order chi connectivity index (χ1) is 19.1. The van der Waals surface area contributed by atoms with Crippen LogP contribution in [0.25, 0.3) is 0 Å². The molecule has 13 heteroatoms. The van der Waals surface area contributed by atoms with Gasteiger partial charge in [-0.1, -0.05) is 12.1 Å². The fraction of sp³-hybridized carbons (Fsp3) is 0.444. The molecule has 11 nitrogen and oxygen atoms in total. The van der Waals surface area contributed by atoms with Gasteiger partial charge in [0.2, 0.25) is 21.8 Å². The number of nitrogens with zero attached hydrogens (tertiary/aromatic N) is 4. The summed E-state index contributed by atoms with van der Waals surface area (Å²) in [6, 6.07) is 8.50. The number of anilines is 1. The average molecular weight is 572 g/mol. The first kappa shape index (κ1) is 28.9. The molecule has 0 saturated carbocycles. The normalized spacial score (nSPS) is 16.1. The van der Waals surface area contributed by atoms with Crippen LogP contribution in [0, 0.1) is 23.1 Å². The summed E-state index contributed by atoms with van der Waals surface area (Å²) in [5.74, 6) is -2.48. The third-order valence-electron chi connectivity index (χ3n) is 6.90. The van der Waals surface area contributed by atoms with Crippen molar-refractivity contribution >= 4 is 33.6 Å². The summed E-state index contributed by atoms with van der Waals surface area (Å²) in [6.07, 6.45) is 1.76. The molecule has 1 N–H and O–H groups in total. The van der Waals surface area contributed by atoms with E-state index in [1.54, 1.807) is 11.8 Å². The highest BCUT2D eigenvalue weighted by Crippen LogP contribution is 2.28. The number of piperidine rings is 1. The minimum atomic E-state index is -3.98. The third-order valence-corrected chi connectivity index (χ3v) is 8.13. The Morgan fingerprint density at radius 3 is 2.50 bits per heavy atom. The number of carbonyl (C=O) groups excluding carboxylic acids is 3. The van der Waals surface area contributed by atoms with Crippen LogP contribution < -0.4 is 9.62 Å². The predicted octanol–water partition coefficient (Wildman–Crippen LogP) is 2.25. The molecule has 40 heavy (non-hydrogen) atoms. The number of hydrogen-bond acceptors (Lipinski definition) is 9. The number of rotatable bonds is 9. The summed E-state index contributed by atoms with van der Waals surface area (Å²) >= 11 is 0. The first-order valence-electron chi connectivity index (χ1n) is 13.0. The van der Waals surface area contributed by atoms with Crippen molar-refractivity contribution in [3.63, 3.8) is 0 Å². The maximum absolute atomic E-state index is 13.1. The quantitative estimate of drug-likeness (QED) is 0.447. The number of carbonyl (C=O) groups is 3. The Labute approximate surface area is 232 Å². The van der Waals surface area contributed by atoms with Crippen molar-refractivity contribution in [2.24, 2.45) is 5.92 Å². The van der Waals surface area contributed by atoms with E-state index in [9.17, 15) is 32.5 Å². The molecule has 2 aromatic rings. The molecule has 2 fully saturated rings. The van der Waals surface area contributed by atoms with Crippen LogP contribution in [0.3, 0.4) is 0 Å². The van der Waals surface area contributed by atoms with Gasteiger partial charge in [-0.15, -0.1) is 0 Å². The molecule has 212 valence electrons. The smallest absolute Gasteiger partial charge is 0.340 e. The fourth-order valence-electron chi connectivity index (χ4n) is 4.85. The fourth-order valence-corrected chi connectivity index (χ4v) is 6.02. The number of hydrogen-bond donors (Lipinski definition) is 1. The summed E-state index contributed by atoms with van der Waals surface area (Å²) < 4.78 is 45.4. The molecule has 1 aromatic carbocycles. The van der Waals surface area contributed by atoms with Gasteiger partial charge in [0, 0.05) is 32.0 Å². The van der Waals surface area contributed by atoms with Crippen LogP contribution in [-0.2, 0) is 36.6 Å². The second-order valence-corrected chi connectivity index (χ2v) is 11.4. The molecule has 2 aliphatic heterocycles. The molecule has 2 amide bonds. The van der Waals surface area contributed by atoms with Gasteiger partial charge < -0.3 is 14.5 Å². The lowest BCUT2D eigenvalue weighted by atomic mass is 9.96. The molecule has 0 atom stereocenters. The molecule has 3 heterocycles. The summed E-state index contributed by atoms with van der Waals surface area (Å²) in [7, 11) is -3.98. The number of sulfonamides is 1. The van der Waals surface area contributed by atoms with E-state index < -0.39 is 39.4 Å². The Kier molecular flexibility index (Phi) is 8.99. The minimum Gasteiger partial charge on any atom is -0.462 e. The van der Waals surface area contributed by atoms with E-state index >= 15 is 0 Å². The SMILES string of the molecule is CCOC(=O)c1cc(C#N)c(N2CCC(C(=O)NS(=O)(=O)Cc3ccc(F)cc3)CC2)nc1CN1CCCC1=O. The molecule has 0 aliphatic carbocycles. The van der Waals surface area contributed by atoms with Crippen LogP contribution in [0.4, 0.5) is 10.2 Å². The number of nitriles is 1. The number of amides is 2. The highest BCUT2D eigenvalue weighted by atomic mass is 32.2. The van der Waals surface area contributed by atoms with Gasteiger partial charge in [-0.05, 0) is 49.9 Å². The molecule has 1 aromatic heterocycles. The average Bonchev–Trinajstić information content (AvgIpc) is 3.33. The first-order valence-corrected chi connectivity index (χ1v) is 14.7. The number of likely N-dealkylation sites (tertiary alicyclic amines) is 1.